The van der Waals surface area contributed by atoms with Crippen molar-refractivity contribution in [2.45, 2.75) is 25.8 Å². The van der Waals surface area contributed by atoms with Gasteiger partial charge in [0.15, 0.2) is 11.4 Å². The molecular weight excluding hydrogens is 340 g/mol. The molecule has 0 bridgehead atoms. The van der Waals surface area contributed by atoms with Crippen molar-refractivity contribution in [2.24, 2.45) is 5.92 Å². The van der Waals surface area contributed by atoms with E-state index in [1.165, 1.54) is 23.0 Å². The molecule has 0 spiro atoms. The zero-order valence-corrected chi connectivity index (χ0v) is 13.7. The molecule has 3 aromatic rings. The number of hydrogen-bond acceptors (Lipinski definition) is 7. The molecule has 0 atom stereocenters. The summed E-state index contributed by atoms with van der Waals surface area (Å²) < 4.78 is 7.19. The Hall–Kier alpha value is -3.43. The van der Waals surface area contributed by atoms with Gasteiger partial charge in [-0.1, -0.05) is 11.6 Å². The highest BCUT2D eigenvalue weighted by molar-refractivity contribution is 5.92. The van der Waals surface area contributed by atoms with E-state index in [9.17, 15) is 14.4 Å². The lowest BCUT2D eigenvalue weighted by atomic mass is 9.85. The summed E-state index contributed by atoms with van der Waals surface area (Å²) in [5, 5.41) is 10.3. The zero-order chi connectivity index (χ0) is 18.3. The van der Waals surface area contributed by atoms with Crippen LogP contribution in [-0.4, -0.2) is 31.4 Å². The van der Waals surface area contributed by atoms with Crippen molar-refractivity contribution in [1.29, 1.82) is 0 Å². The zero-order valence-electron chi connectivity index (χ0n) is 13.7. The van der Waals surface area contributed by atoms with Crippen molar-refractivity contribution in [3.8, 4) is 0 Å². The van der Waals surface area contributed by atoms with Crippen LogP contribution < -0.4 is 16.8 Å². The highest BCUT2D eigenvalue weighted by Gasteiger charge is 2.26. The summed E-state index contributed by atoms with van der Waals surface area (Å²) in [4.78, 5) is 36.4. The van der Waals surface area contributed by atoms with Crippen molar-refractivity contribution < 1.29 is 14.0 Å². The first-order valence-electron chi connectivity index (χ1n) is 8.16. The third-order valence-electron chi connectivity index (χ3n) is 4.42. The largest absolute Gasteiger partial charge is 0.426 e. The fourth-order valence-electron chi connectivity index (χ4n) is 2.81. The molecule has 0 saturated heterocycles. The number of carbonyl (C=O) groups excluding carboxylic acids is 2. The lowest BCUT2D eigenvalue weighted by Gasteiger charge is -2.23. The van der Waals surface area contributed by atoms with E-state index >= 15 is 0 Å². The molecule has 1 aliphatic carbocycles. The van der Waals surface area contributed by atoms with Crippen LogP contribution in [0.25, 0.3) is 11.1 Å². The number of anilines is 2. The smallest absolute Gasteiger partial charge is 0.407 e. The Morgan fingerprint density at radius 1 is 1.35 bits per heavy atom. The van der Waals surface area contributed by atoms with Crippen molar-refractivity contribution >= 4 is 34.4 Å². The molecule has 1 aliphatic rings. The van der Waals surface area contributed by atoms with Gasteiger partial charge in [0.05, 0.1) is 6.20 Å². The average molecular weight is 356 g/mol. The van der Waals surface area contributed by atoms with E-state index in [1.807, 2.05) is 0 Å². The molecule has 2 heterocycles. The number of nitrogen functional groups attached to an aromatic ring is 1. The summed E-state index contributed by atoms with van der Waals surface area (Å²) in [6, 6.07) is 4.59. The molecule has 3 N–H and O–H groups in total. The maximum atomic E-state index is 12.5. The molecule has 4 rings (SSSR count). The molecule has 10 nitrogen and oxygen atoms in total. The third-order valence-corrected chi connectivity index (χ3v) is 4.42. The second-order valence-electron chi connectivity index (χ2n) is 6.24. The number of fused-ring (bicyclic) bond motifs is 1. The molecule has 1 fully saturated rings. The van der Waals surface area contributed by atoms with Crippen LogP contribution in [0.3, 0.4) is 0 Å². The minimum atomic E-state index is -0.797. The van der Waals surface area contributed by atoms with Crippen LogP contribution in [0.1, 0.15) is 24.1 Å². The Morgan fingerprint density at radius 3 is 2.88 bits per heavy atom. The van der Waals surface area contributed by atoms with E-state index in [4.69, 9.17) is 10.2 Å². The van der Waals surface area contributed by atoms with Gasteiger partial charge >= 0.3 is 5.76 Å². The average Bonchev–Trinajstić information content (AvgIpc) is 3.08. The Kier molecular flexibility index (Phi) is 3.79. The first-order chi connectivity index (χ1) is 12.5. The van der Waals surface area contributed by atoms with E-state index < -0.39 is 11.7 Å². The van der Waals surface area contributed by atoms with Crippen molar-refractivity contribution in [1.82, 2.24) is 19.6 Å². The SMILES string of the molecule is Nc1ccc2oc(=O)n(C(=O)Cn3cc(NC(=O)C4CCC4)nn3)c2c1. The Bertz CT molecular complexity index is 1060. The quantitative estimate of drug-likeness (QED) is 0.661. The minimum absolute atomic E-state index is 0.0168. The van der Waals surface area contributed by atoms with Crippen LogP contribution in [0.2, 0.25) is 0 Å². The molecule has 0 aliphatic heterocycles. The van der Waals surface area contributed by atoms with Gasteiger partial charge in [0.2, 0.25) is 5.91 Å². The molecule has 1 aromatic carbocycles. The Morgan fingerprint density at radius 2 is 2.15 bits per heavy atom. The maximum absolute atomic E-state index is 12.5. The number of amides is 1. The number of benzene rings is 1. The predicted molar refractivity (Wildman–Crippen MR) is 91.5 cm³/mol. The number of rotatable bonds is 4. The van der Waals surface area contributed by atoms with E-state index in [-0.39, 0.29) is 29.8 Å². The van der Waals surface area contributed by atoms with Crippen LogP contribution in [-0.2, 0) is 11.3 Å². The highest BCUT2D eigenvalue weighted by Crippen LogP contribution is 2.27. The molecule has 0 unspecified atom stereocenters. The van der Waals surface area contributed by atoms with Gasteiger partial charge < -0.3 is 15.5 Å². The predicted octanol–water partition coefficient (Wildman–Crippen LogP) is 0.847. The van der Waals surface area contributed by atoms with Gasteiger partial charge in [-0.05, 0) is 31.0 Å². The molecule has 134 valence electrons. The molecule has 26 heavy (non-hydrogen) atoms. The number of hydrogen-bond donors (Lipinski definition) is 2. The van der Waals surface area contributed by atoms with Gasteiger partial charge in [0, 0.05) is 11.6 Å². The topological polar surface area (TPSA) is 138 Å². The van der Waals surface area contributed by atoms with Crippen molar-refractivity contribution in [3.05, 3.63) is 34.9 Å². The molecule has 2 aromatic heterocycles. The summed E-state index contributed by atoms with van der Waals surface area (Å²) >= 11 is 0. The normalized spacial score (nSPS) is 14.3. The number of aromatic nitrogens is 4. The van der Waals surface area contributed by atoms with Gasteiger partial charge in [-0.25, -0.2) is 14.0 Å². The second kappa shape index (κ2) is 6.14. The first kappa shape index (κ1) is 16.1. The lowest BCUT2D eigenvalue weighted by Crippen LogP contribution is -2.28. The van der Waals surface area contributed by atoms with E-state index in [2.05, 4.69) is 15.6 Å². The number of oxazole rings is 1. The van der Waals surface area contributed by atoms with Crippen LogP contribution >= 0.6 is 0 Å². The van der Waals surface area contributed by atoms with Gasteiger partial charge in [0.1, 0.15) is 12.1 Å². The fourth-order valence-corrected chi connectivity index (χ4v) is 2.81. The summed E-state index contributed by atoms with van der Waals surface area (Å²) in [5.74, 6) is -1.16. The molecular formula is C16H16N6O4. The first-order valence-corrected chi connectivity index (χ1v) is 8.16. The summed E-state index contributed by atoms with van der Waals surface area (Å²) in [7, 11) is 0. The summed E-state index contributed by atoms with van der Waals surface area (Å²) in [6.07, 6.45) is 4.24. The highest BCUT2D eigenvalue weighted by atomic mass is 16.4. The van der Waals surface area contributed by atoms with Gasteiger partial charge in [-0.15, -0.1) is 5.10 Å². The lowest BCUT2D eigenvalue weighted by molar-refractivity contribution is -0.122. The fraction of sp³-hybridized carbons (Fsp3) is 0.312. The van der Waals surface area contributed by atoms with E-state index in [0.29, 0.717) is 11.2 Å². The minimum Gasteiger partial charge on any atom is -0.407 e. The van der Waals surface area contributed by atoms with Crippen LogP contribution in [0.4, 0.5) is 11.5 Å². The maximum Gasteiger partial charge on any atom is 0.426 e. The number of nitrogens with zero attached hydrogens (tertiary/aromatic N) is 4. The van der Waals surface area contributed by atoms with Crippen LogP contribution in [0.5, 0.6) is 0 Å². The summed E-state index contributed by atoms with van der Waals surface area (Å²) in [5.41, 5.74) is 6.67. The monoisotopic (exact) mass is 356 g/mol. The Labute approximate surface area is 146 Å². The van der Waals surface area contributed by atoms with E-state index in [1.54, 1.807) is 6.07 Å². The van der Waals surface area contributed by atoms with Crippen molar-refractivity contribution in [2.75, 3.05) is 11.1 Å². The molecule has 1 amide bonds. The molecule has 1 saturated carbocycles. The molecule has 0 radical (unpaired) electrons. The third kappa shape index (κ3) is 2.85. The van der Waals surface area contributed by atoms with Crippen molar-refractivity contribution in [3.63, 3.8) is 0 Å². The van der Waals surface area contributed by atoms with E-state index in [0.717, 1.165) is 23.8 Å². The number of nitrogens with one attached hydrogen (secondary N) is 1. The van der Waals surface area contributed by atoms with Crippen LogP contribution in [0.15, 0.2) is 33.6 Å². The van der Waals surface area contributed by atoms with Gasteiger partial charge in [-0.2, -0.15) is 0 Å². The van der Waals surface area contributed by atoms with Gasteiger partial charge in [0.25, 0.3) is 5.91 Å². The summed E-state index contributed by atoms with van der Waals surface area (Å²) in [6.45, 7) is -0.240. The van der Waals surface area contributed by atoms with Gasteiger partial charge in [-0.3, -0.25) is 9.59 Å². The second-order valence-corrected chi connectivity index (χ2v) is 6.24. The standard InChI is InChI=1S/C16H16N6O4/c17-10-4-5-12-11(6-10)22(16(25)26-12)14(23)8-21-7-13(19-20-21)18-15(24)9-2-1-3-9/h4-7,9H,1-3,8,17H2,(H,18,24). The Balaban J connectivity index is 1.52. The number of carbonyl (C=O) groups is 2. The number of nitrogens with two attached hydrogens (primary N) is 1. The molecule has 10 heteroatoms. The van der Waals surface area contributed by atoms with Crippen LogP contribution in [0, 0.1) is 5.92 Å².